The summed E-state index contributed by atoms with van der Waals surface area (Å²) in [6.45, 7) is 4.51. The fourth-order valence-electron chi connectivity index (χ4n) is 1.72. The van der Waals surface area contributed by atoms with Gasteiger partial charge in [0.2, 0.25) is 0 Å². The molecular formula is C10H18. The maximum absolute atomic E-state index is 2.42. The van der Waals surface area contributed by atoms with Crippen molar-refractivity contribution in [1.29, 1.82) is 0 Å². The van der Waals surface area contributed by atoms with Crippen molar-refractivity contribution in [3.05, 3.63) is 11.6 Å². The Labute approximate surface area is 64.3 Å². The van der Waals surface area contributed by atoms with Gasteiger partial charge in [0, 0.05) is 0 Å². The van der Waals surface area contributed by atoms with E-state index in [-0.39, 0.29) is 0 Å². The zero-order chi connectivity index (χ0) is 7.40. The predicted molar refractivity (Wildman–Crippen MR) is 46.0 cm³/mol. The Balaban J connectivity index is 2.28. The van der Waals surface area contributed by atoms with Crippen LogP contribution in [0.4, 0.5) is 0 Å². The summed E-state index contributed by atoms with van der Waals surface area (Å²) in [7, 11) is 0. The van der Waals surface area contributed by atoms with Crippen LogP contribution in [0, 0.1) is 5.92 Å². The molecule has 1 fully saturated rings. The van der Waals surface area contributed by atoms with Gasteiger partial charge in [0.05, 0.1) is 0 Å². The van der Waals surface area contributed by atoms with E-state index in [1.807, 2.05) is 0 Å². The molecule has 0 saturated heterocycles. The van der Waals surface area contributed by atoms with Crippen LogP contribution in [0.25, 0.3) is 0 Å². The van der Waals surface area contributed by atoms with Crippen LogP contribution in [-0.4, -0.2) is 0 Å². The van der Waals surface area contributed by atoms with E-state index < -0.39 is 0 Å². The average Bonchev–Trinajstić information content (AvgIpc) is 1.93. The highest BCUT2D eigenvalue weighted by Crippen LogP contribution is 2.36. The van der Waals surface area contributed by atoms with Gasteiger partial charge in [0.1, 0.15) is 0 Å². The summed E-state index contributed by atoms with van der Waals surface area (Å²) in [5.41, 5.74) is 1.74. The topological polar surface area (TPSA) is 0 Å². The van der Waals surface area contributed by atoms with Gasteiger partial charge in [-0.1, -0.05) is 31.9 Å². The molecule has 1 rings (SSSR count). The maximum Gasteiger partial charge on any atom is -0.0200 e. The number of hydrogen-bond acceptors (Lipinski definition) is 0. The van der Waals surface area contributed by atoms with Gasteiger partial charge in [0.15, 0.2) is 0 Å². The van der Waals surface area contributed by atoms with Gasteiger partial charge in [-0.2, -0.15) is 0 Å². The molecule has 0 aromatic heterocycles. The van der Waals surface area contributed by atoms with Crippen LogP contribution < -0.4 is 0 Å². The molecule has 0 nitrogen and oxygen atoms in total. The van der Waals surface area contributed by atoms with Crippen LogP contribution >= 0.6 is 0 Å². The van der Waals surface area contributed by atoms with Crippen molar-refractivity contribution in [3.8, 4) is 0 Å². The van der Waals surface area contributed by atoms with E-state index in [4.69, 9.17) is 0 Å². The Morgan fingerprint density at radius 1 is 1.50 bits per heavy atom. The zero-order valence-electron chi connectivity index (χ0n) is 7.19. The van der Waals surface area contributed by atoms with E-state index in [0.717, 1.165) is 5.92 Å². The van der Waals surface area contributed by atoms with Gasteiger partial charge in [0.25, 0.3) is 0 Å². The van der Waals surface area contributed by atoms with E-state index in [9.17, 15) is 0 Å². The van der Waals surface area contributed by atoms with Gasteiger partial charge in [-0.25, -0.2) is 0 Å². The first-order valence-electron chi connectivity index (χ1n) is 4.57. The van der Waals surface area contributed by atoms with E-state index in [1.165, 1.54) is 32.1 Å². The molecule has 0 bridgehead atoms. The number of hydrogen-bond donors (Lipinski definition) is 0. The summed E-state index contributed by atoms with van der Waals surface area (Å²) in [4.78, 5) is 0. The SMILES string of the molecule is CCC=C1CCC1CCC. The Morgan fingerprint density at radius 3 is 2.70 bits per heavy atom. The van der Waals surface area contributed by atoms with Crippen molar-refractivity contribution in [2.24, 2.45) is 5.92 Å². The third-order valence-electron chi connectivity index (χ3n) is 2.41. The lowest BCUT2D eigenvalue weighted by Crippen LogP contribution is -2.14. The van der Waals surface area contributed by atoms with Crippen LogP contribution in [0.5, 0.6) is 0 Å². The zero-order valence-corrected chi connectivity index (χ0v) is 7.19. The summed E-state index contributed by atoms with van der Waals surface area (Å²) >= 11 is 0. The molecule has 0 amide bonds. The molecule has 58 valence electrons. The molecule has 10 heavy (non-hydrogen) atoms. The van der Waals surface area contributed by atoms with Gasteiger partial charge in [-0.3, -0.25) is 0 Å². The first-order chi connectivity index (χ1) is 4.88. The summed E-state index contributed by atoms with van der Waals surface area (Å²) in [6, 6.07) is 0. The van der Waals surface area contributed by atoms with Crippen molar-refractivity contribution >= 4 is 0 Å². The van der Waals surface area contributed by atoms with Crippen molar-refractivity contribution in [2.45, 2.75) is 46.0 Å². The van der Waals surface area contributed by atoms with Crippen LogP contribution in [0.1, 0.15) is 46.0 Å². The quantitative estimate of drug-likeness (QED) is 0.523. The minimum atomic E-state index is 0.977. The second kappa shape index (κ2) is 3.80. The Bertz CT molecular complexity index is 122. The van der Waals surface area contributed by atoms with Crippen molar-refractivity contribution in [2.75, 3.05) is 0 Å². The standard InChI is InChI=1S/C10H18/c1-3-5-9-7-8-10(9)6-4-2/h5,10H,3-4,6-8H2,1-2H3. The Kier molecular flexibility index (Phi) is 2.98. The van der Waals surface area contributed by atoms with E-state index in [2.05, 4.69) is 19.9 Å². The van der Waals surface area contributed by atoms with Crippen LogP contribution in [0.2, 0.25) is 0 Å². The molecule has 0 radical (unpaired) electrons. The minimum absolute atomic E-state index is 0.977. The lowest BCUT2D eigenvalue weighted by molar-refractivity contribution is 0.408. The number of rotatable bonds is 3. The summed E-state index contributed by atoms with van der Waals surface area (Å²) in [6.07, 6.45) is 9.27. The van der Waals surface area contributed by atoms with Crippen LogP contribution in [0.3, 0.4) is 0 Å². The molecule has 1 aliphatic carbocycles. The molecule has 0 aliphatic heterocycles. The van der Waals surface area contributed by atoms with Crippen LogP contribution in [-0.2, 0) is 0 Å². The first kappa shape index (κ1) is 7.84. The molecule has 0 heterocycles. The molecule has 0 aromatic rings. The van der Waals surface area contributed by atoms with E-state index in [1.54, 1.807) is 5.57 Å². The van der Waals surface area contributed by atoms with E-state index >= 15 is 0 Å². The van der Waals surface area contributed by atoms with Crippen molar-refractivity contribution in [3.63, 3.8) is 0 Å². The summed E-state index contributed by atoms with van der Waals surface area (Å²) in [5.74, 6) is 0.977. The average molecular weight is 138 g/mol. The molecule has 1 unspecified atom stereocenters. The molecule has 0 spiro atoms. The fourth-order valence-corrected chi connectivity index (χ4v) is 1.72. The van der Waals surface area contributed by atoms with Gasteiger partial charge in [-0.05, 0) is 31.6 Å². The molecule has 0 heteroatoms. The second-order valence-electron chi connectivity index (χ2n) is 3.21. The summed E-state index contributed by atoms with van der Waals surface area (Å²) in [5, 5.41) is 0. The van der Waals surface area contributed by atoms with Gasteiger partial charge in [-0.15, -0.1) is 0 Å². The highest BCUT2D eigenvalue weighted by molar-refractivity contribution is 5.14. The van der Waals surface area contributed by atoms with Gasteiger partial charge < -0.3 is 0 Å². The molecular weight excluding hydrogens is 120 g/mol. The number of allylic oxidation sites excluding steroid dienone is 2. The third kappa shape index (κ3) is 1.62. The predicted octanol–water partition coefficient (Wildman–Crippen LogP) is 3.53. The third-order valence-corrected chi connectivity index (χ3v) is 2.41. The van der Waals surface area contributed by atoms with Crippen molar-refractivity contribution < 1.29 is 0 Å². The molecule has 1 saturated carbocycles. The van der Waals surface area contributed by atoms with Crippen molar-refractivity contribution in [1.82, 2.24) is 0 Å². The summed E-state index contributed by atoms with van der Waals surface area (Å²) < 4.78 is 0. The highest BCUT2D eigenvalue weighted by Gasteiger charge is 2.21. The highest BCUT2D eigenvalue weighted by atomic mass is 14.3. The normalized spacial score (nSPS) is 28.6. The fraction of sp³-hybridized carbons (Fsp3) is 0.800. The largest absolute Gasteiger partial charge is 0.0853 e. The Morgan fingerprint density at radius 2 is 2.30 bits per heavy atom. The lowest BCUT2D eigenvalue weighted by Gasteiger charge is -2.29. The molecule has 1 atom stereocenters. The van der Waals surface area contributed by atoms with E-state index in [0.29, 0.717) is 0 Å². The molecule has 0 aromatic carbocycles. The first-order valence-corrected chi connectivity index (χ1v) is 4.57. The lowest BCUT2D eigenvalue weighted by atomic mass is 9.76. The second-order valence-corrected chi connectivity index (χ2v) is 3.21. The minimum Gasteiger partial charge on any atom is -0.0853 e. The van der Waals surface area contributed by atoms with Crippen LogP contribution in [0.15, 0.2) is 11.6 Å². The smallest absolute Gasteiger partial charge is 0.0200 e. The monoisotopic (exact) mass is 138 g/mol. The molecule has 0 N–H and O–H groups in total. The molecule has 1 aliphatic rings. The van der Waals surface area contributed by atoms with Gasteiger partial charge >= 0.3 is 0 Å². The Hall–Kier alpha value is -0.260. The maximum atomic E-state index is 2.42.